The zero-order chi connectivity index (χ0) is 13.7. The second-order valence-electron chi connectivity index (χ2n) is 4.61. The van der Waals surface area contributed by atoms with Crippen molar-refractivity contribution in [2.24, 2.45) is 5.73 Å². The summed E-state index contributed by atoms with van der Waals surface area (Å²) in [6, 6.07) is 3.42. The van der Waals surface area contributed by atoms with Gasteiger partial charge in [-0.05, 0) is 53.9 Å². The molecule has 5 nitrogen and oxygen atoms in total. The molecule has 114 valence electrons. The molecule has 0 aliphatic carbocycles. The van der Waals surface area contributed by atoms with Crippen LogP contribution in [0.4, 0.5) is 0 Å². The summed E-state index contributed by atoms with van der Waals surface area (Å²) >= 11 is 3.20. The highest BCUT2D eigenvalue weighted by molar-refractivity contribution is 9.10. The summed E-state index contributed by atoms with van der Waals surface area (Å²) in [6.07, 6.45) is 2.88. The Balaban J connectivity index is 0.00000200. The van der Waals surface area contributed by atoms with Gasteiger partial charge in [0.05, 0.1) is 6.10 Å². The molecule has 1 amide bonds. The molecule has 1 aromatic rings. The number of ether oxygens (including phenoxy) is 1. The van der Waals surface area contributed by atoms with Gasteiger partial charge in [0.2, 0.25) is 0 Å². The van der Waals surface area contributed by atoms with Crippen molar-refractivity contribution in [3.63, 3.8) is 0 Å². The molecule has 1 aromatic heterocycles. The Bertz CT molecular complexity index is 420. The molecule has 2 heterocycles. The standard InChI is InChI=1S/C13H19BrN2O3.ClH/c14-12-3-2-11(19-12)13(17)16-7-4-10(5-8-16)18-9-1-6-15;/h2-3,10H,1,4-9,15H2;1H. The minimum atomic E-state index is -0.0499. The molecule has 0 atom stereocenters. The van der Waals surface area contributed by atoms with Gasteiger partial charge in [0.1, 0.15) is 0 Å². The summed E-state index contributed by atoms with van der Waals surface area (Å²) in [5.41, 5.74) is 5.43. The van der Waals surface area contributed by atoms with Crippen LogP contribution in [0.1, 0.15) is 29.8 Å². The molecule has 0 saturated carbocycles. The topological polar surface area (TPSA) is 68.7 Å². The molecule has 2 rings (SSSR count). The van der Waals surface area contributed by atoms with Crippen molar-refractivity contribution in [2.45, 2.75) is 25.4 Å². The number of halogens is 2. The van der Waals surface area contributed by atoms with Crippen molar-refractivity contribution in [3.8, 4) is 0 Å². The van der Waals surface area contributed by atoms with Gasteiger partial charge in [0, 0.05) is 19.7 Å². The second kappa shape index (κ2) is 8.67. The monoisotopic (exact) mass is 366 g/mol. The number of nitrogens with two attached hydrogens (primary N) is 1. The van der Waals surface area contributed by atoms with Crippen molar-refractivity contribution in [1.29, 1.82) is 0 Å². The predicted molar refractivity (Wildman–Crippen MR) is 82.2 cm³/mol. The van der Waals surface area contributed by atoms with Crippen LogP contribution in [0.2, 0.25) is 0 Å². The zero-order valence-electron chi connectivity index (χ0n) is 11.2. The van der Waals surface area contributed by atoms with E-state index in [1.54, 1.807) is 12.1 Å². The molecule has 2 N–H and O–H groups in total. The van der Waals surface area contributed by atoms with Crippen LogP contribution in [0.3, 0.4) is 0 Å². The van der Waals surface area contributed by atoms with Crippen molar-refractivity contribution >= 4 is 34.2 Å². The fourth-order valence-corrected chi connectivity index (χ4v) is 2.45. The van der Waals surface area contributed by atoms with Crippen molar-refractivity contribution in [2.75, 3.05) is 26.2 Å². The average molecular weight is 368 g/mol. The van der Waals surface area contributed by atoms with E-state index in [2.05, 4.69) is 15.9 Å². The smallest absolute Gasteiger partial charge is 0.289 e. The first-order valence-corrected chi connectivity index (χ1v) is 7.36. The Hall–Kier alpha value is -0.560. The summed E-state index contributed by atoms with van der Waals surface area (Å²) in [4.78, 5) is 13.9. The lowest BCUT2D eigenvalue weighted by molar-refractivity contribution is 0.00761. The molecule has 0 aromatic carbocycles. The Morgan fingerprint density at radius 3 is 2.70 bits per heavy atom. The van der Waals surface area contributed by atoms with Crippen LogP contribution in [0.15, 0.2) is 21.2 Å². The third-order valence-corrected chi connectivity index (χ3v) is 3.64. The van der Waals surface area contributed by atoms with Gasteiger partial charge in [-0.15, -0.1) is 12.4 Å². The summed E-state index contributed by atoms with van der Waals surface area (Å²) in [5, 5.41) is 0. The molecule has 1 saturated heterocycles. The first kappa shape index (κ1) is 17.5. The number of rotatable bonds is 5. The molecule has 0 spiro atoms. The fraction of sp³-hybridized carbons (Fsp3) is 0.615. The maximum absolute atomic E-state index is 12.1. The number of nitrogens with zero attached hydrogens (tertiary/aromatic N) is 1. The van der Waals surface area contributed by atoms with Crippen LogP contribution in [-0.4, -0.2) is 43.2 Å². The third-order valence-electron chi connectivity index (χ3n) is 3.22. The van der Waals surface area contributed by atoms with Crippen LogP contribution in [-0.2, 0) is 4.74 Å². The van der Waals surface area contributed by atoms with Gasteiger partial charge >= 0.3 is 0 Å². The first-order valence-electron chi connectivity index (χ1n) is 6.57. The molecular weight excluding hydrogens is 348 g/mol. The van der Waals surface area contributed by atoms with Gasteiger partial charge in [0.15, 0.2) is 10.4 Å². The Morgan fingerprint density at radius 2 is 2.15 bits per heavy atom. The molecule has 1 aliphatic rings. The van der Waals surface area contributed by atoms with Gasteiger partial charge in [-0.3, -0.25) is 4.79 Å². The Labute approximate surface area is 133 Å². The number of hydrogen-bond donors (Lipinski definition) is 1. The van der Waals surface area contributed by atoms with Gasteiger partial charge in [0.25, 0.3) is 5.91 Å². The highest BCUT2D eigenvalue weighted by Gasteiger charge is 2.25. The molecular formula is C13H20BrClN2O3. The Morgan fingerprint density at radius 1 is 1.45 bits per heavy atom. The summed E-state index contributed by atoms with van der Waals surface area (Å²) < 4.78 is 11.6. The van der Waals surface area contributed by atoms with Gasteiger partial charge in [-0.25, -0.2) is 0 Å². The van der Waals surface area contributed by atoms with Crippen LogP contribution in [0.25, 0.3) is 0 Å². The van der Waals surface area contributed by atoms with E-state index in [9.17, 15) is 4.79 Å². The maximum Gasteiger partial charge on any atom is 0.289 e. The highest BCUT2D eigenvalue weighted by atomic mass is 79.9. The van der Waals surface area contributed by atoms with Gasteiger partial charge in [-0.1, -0.05) is 0 Å². The van der Waals surface area contributed by atoms with Crippen molar-refractivity contribution < 1.29 is 13.9 Å². The maximum atomic E-state index is 12.1. The number of carbonyl (C=O) groups excluding carboxylic acids is 1. The first-order chi connectivity index (χ1) is 9.20. The number of amides is 1. The number of carbonyl (C=O) groups is 1. The molecule has 0 bridgehead atoms. The lowest BCUT2D eigenvalue weighted by Crippen LogP contribution is -2.40. The van der Waals surface area contributed by atoms with Gasteiger partial charge < -0.3 is 19.8 Å². The summed E-state index contributed by atoms with van der Waals surface area (Å²) in [7, 11) is 0. The van der Waals surface area contributed by atoms with E-state index in [0.717, 1.165) is 19.3 Å². The zero-order valence-corrected chi connectivity index (χ0v) is 13.6. The molecule has 0 unspecified atom stereocenters. The van der Waals surface area contributed by atoms with Crippen molar-refractivity contribution in [1.82, 2.24) is 4.90 Å². The third kappa shape index (κ3) is 4.77. The second-order valence-corrected chi connectivity index (χ2v) is 5.39. The van der Waals surface area contributed by atoms with E-state index in [1.165, 1.54) is 0 Å². The number of piperidine rings is 1. The van der Waals surface area contributed by atoms with E-state index in [4.69, 9.17) is 14.9 Å². The average Bonchev–Trinajstić information content (AvgIpc) is 2.86. The summed E-state index contributed by atoms with van der Waals surface area (Å²) in [5.74, 6) is 0.334. The molecule has 0 radical (unpaired) electrons. The normalized spacial score (nSPS) is 16.0. The van der Waals surface area contributed by atoms with E-state index in [0.29, 0.717) is 36.7 Å². The van der Waals surface area contributed by atoms with Crippen LogP contribution in [0, 0.1) is 0 Å². The van der Waals surface area contributed by atoms with Crippen LogP contribution in [0.5, 0.6) is 0 Å². The number of hydrogen-bond acceptors (Lipinski definition) is 4. The van der Waals surface area contributed by atoms with Crippen molar-refractivity contribution in [3.05, 3.63) is 22.6 Å². The van der Waals surface area contributed by atoms with Crippen LogP contribution < -0.4 is 5.73 Å². The molecule has 7 heteroatoms. The quantitative estimate of drug-likeness (QED) is 0.812. The van der Waals surface area contributed by atoms with Crippen LogP contribution >= 0.6 is 28.3 Å². The lowest BCUT2D eigenvalue weighted by atomic mass is 10.1. The van der Waals surface area contributed by atoms with E-state index >= 15 is 0 Å². The van der Waals surface area contributed by atoms with E-state index in [-0.39, 0.29) is 24.4 Å². The fourth-order valence-electron chi connectivity index (χ4n) is 2.14. The SMILES string of the molecule is Cl.NCCCOC1CCN(C(=O)c2ccc(Br)o2)CC1. The van der Waals surface area contributed by atoms with E-state index < -0.39 is 0 Å². The number of furan rings is 1. The Kier molecular flexibility index (Phi) is 7.58. The molecule has 20 heavy (non-hydrogen) atoms. The number of likely N-dealkylation sites (tertiary alicyclic amines) is 1. The highest BCUT2D eigenvalue weighted by Crippen LogP contribution is 2.19. The lowest BCUT2D eigenvalue weighted by Gasteiger charge is -2.31. The predicted octanol–water partition coefficient (Wildman–Crippen LogP) is 2.43. The summed E-state index contributed by atoms with van der Waals surface area (Å²) in [6.45, 7) is 2.79. The minimum Gasteiger partial charge on any atom is -0.444 e. The largest absolute Gasteiger partial charge is 0.444 e. The van der Waals surface area contributed by atoms with E-state index in [1.807, 2.05) is 4.90 Å². The molecule has 1 aliphatic heterocycles. The van der Waals surface area contributed by atoms with Gasteiger partial charge in [-0.2, -0.15) is 0 Å². The minimum absolute atomic E-state index is 0. The molecule has 1 fully saturated rings.